The molecule has 0 radical (unpaired) electrons. The largest absolute Gasteiger partial charge is 0.441 e. The molecule has 4 aromatic rings. The standard InChI is InChI=1S/C22H18BrClN4O2/c23-17-5-1-15(2-6-17)14-28-20(11-12-26-28)27-21(29)9-10-22-25-13-19(30-22)16-3-7-18(24)8-4-16/h1-8,11-13H,9-10,14H2,(H,27,29). The molecule has 152 valence electrons. The van der Waals surface area contributed by atoms with E-state index in [0.29, 0.717) is 35.5 Å². The van der Waals surface area contributed by atoms with E-state index in [-0.39, 0.29) is 12.3 Å². The Labute approximate surface area is 187 Å². The van der Waals surface area contributed by atoms with Crippen LogP contribution in [0.2, 0.25) is 5.02 Å². The summed E-state index contributed by atoms with van der Waals surface area (Å²) in [7, 11) is 0. The number of nitrogens with zero attached hydrogens (tertiary/aromatic N) is 3. The molecule has 0 saturated carbocycles. The highest BCUT2D eigenvalue weighted by molar-refractivity contribution is 9.10. The first-order valence-electron chi connectivity index (χ1n) is 9.33. The summed E-state index contributed by atoms with van der Waals surface area (Å²) < 4.78 is 8.53. The van der Waals surface area contributed by atoms with Gasteiger partial charge in [-0.1, -0.05) is 39.7 Å². The van der Waals surface area contributed by atoms with E-state index in [2.05, 4.69) is 31.3 Å². The molecule has 0 aliphatic rings. The third-order valence-electron chi connectivity index (χ3n) is 4.48. The SMILES string of the molecule is O=C(CCc1ncc(-c2ccc(Cl)cc2)o1)Nc1ccnn1Cc1ccc(Br)cc1. The Morgan fingerprint density at radius 1 is 1.10 bits per heavy atom. The third kappa shape index (κ3) is 5.17. The number of anilines is 1. The lowest BCUT2D eigenvalue weighted by Gasteiger charge is -2.09. The van der Waals surface area contributed by atoms with Gasteiger partial charge in [0.1, 0.15) is 5.82 Å². The maximum atomic E-state index is 12.4. The van der Waals surface area contributed by atoms with Crippen LogP contribution in [0.15, 0.2) is 75.9 Å². The predicted octanol–water partition coefficient (Wildman–Crippen LogP) is 5.57. The summed E-state index contributed by atoms with van der Waals surface area (Å²) in [6.45, 7) is 0.570. The van der Waals surface area contributed by atoms with E-state index in [4.69, 9.17) is 16.0 Å². The van der Waals surface area contributed by atoms with Crippen LogP contribution in [0, 0.1) is 0 Å². The van der Waals surface area contributed by atoms with Gasteiger partial charge in [0.15, 0.2) is 11.7 Å². The number of carbonyl (C=O) groups is 1. The van der Waals surface area contributed by atoms with Gasteiger partial charge in [-0.05, 0) is 42.0 Å². The lowest BCUT2D eigenvalue weighted by Crippen LogP contribution is -2.16. The van der Waals surface area contributed by atoms with E-state index in [9.17, 15) is 4.79 Å². The zero-order valence-electron chi connectivity index (χ0n) is 15.9. The van der Waals surface area contributed by atoms with Gasteiger partial charge in [-0.2, -0.15) is 5.10 Å². The number of hydrogen-bond acceptors (Lipinski definition) is 4. The van der Waals surface area contributed by atoms with E-state index in [0.717, 1.165) is 15.6 Å². The monoisotopic (exact) mass is 484 g/mol. The molecule has 30 heavy (non-hydrogen) atoms. The van der Waals surface area contributed by atoms with E-state index in [1.54, 1.807) is 35.3 Å². The Balaban J connectivity index is 1.33. The van der Waals surface area contributed by atoms with Crippen LogP contribution >= 0.6 is 27.5 Å². The minimum absolute atomic E-state index is 0.126. The number of amides is 1. The van der Waals surface area contributed by atoms with Gasteiger partial charge in [-0.25, -0.2) is 9.67 Å². The molecule has 2 aromatic heterocycles. The van der Waals surface area contributed by atoms with Gasteiger partial charge in [0.05, 0.1) is 18.9 Å². The zero-order valence-corrected chi connectivity index (χ0v) is 18.2. The molecular formula is C22H18BrClN4O2. The number of benzene rings is 2. The first-order valence-corrected chi connectivity index (χ1v) is 10.5. The van der Waals surface area contributed by atoms with Crippen LogP contribution in [0.4, 0.5) is 5.82 Å². The number of halogens is 2. The van der Waals surface area contributed by atoms with Crippen LogP contribution in [0.5, 0.6) is 0 Å². The molecule has 0 fully saturated rings. The average molecular weight is 486 g/mol. The molecule has 2 aromatic carbocycles. The summed E-state index contributed by atoms with van der Waals surface area (Å²) in [6.07, 6.45) is 3.98. The molecule has 6 nitrogen and oxygen atoms in total. The Bertz CT molecular complexity index is 1140. The molecule has 0 aliphatic heterocycles. The van der Waals surface area contributed by atoms with Crippen molar-refractivity contribution in [3.05, 3.63) is 87.9 Å². The molecule has 0 saturated heterocycles. The van der Waals surface area contributed by atoms with Gasteiger partial charge in [-0.15, -0.1) is 0 Å². The molecule has 0 bridgehead atoms. The van der Waals surface area contributed by atoms with Gasteiger partial charge < -0.3 is 9.73 Å². The van der Waals surface area contributed by atoms with Crippen LogP contribution in [-0.4, -0.2) is 20.7 Å². The number of aromatic nitrogens is 3. The molecule has 2 heterocycles. The fourth-order valence-electron chi connectivity index (χ4n) is 2.93. The summed E-state index contributed by atoms with van der Waals surface area (Å²) in [5.41, 5.74) is 1.98. The van der Waals surface area contributed by atoms with Gasteiger partial charge in [0.2, 0.25) is 5.91 Å². The van der Waals surface area contributed by atoms with Crippen molar-refractivity contribution in [2.45, 2.75) is 19.4 Å². The number of aryl methyl sites for hydroxylation is 1. The number of oxazole rings is 1. The molecule has 0 spiro atoms. The maximum Gasteiger partial charge on any atom is 0.226 e. The normalized spacial score (nSPS) is 10.9. The number of carbonyl (C=O) groups excluding carboxylic acids is 1. The van der Waals surface area contributed by atoms with Crippen molar-refractivity contribution in [1.82, 2.24) is 14.8 Å². The third-order valence-corrected chi connectivity index (χ3v) is 5.26. The zero-order chi connectivity index (χ0) is 20.9. The number of hydrogen-bond donors (Lipinski definition) is 1. The van der Waals surface area contributed by atoms with Gasteiger partial charge in [0.25, 0.3) is 0 Å². The first-order chi connectivity index (χ1) is 14.6. The topological polar surface area (TPSA) is 73.0 Å². The van der Waals surface area contributed by atoms with Crippen molar-refractivity contribution in [3.63, 3.8) is 0 Å². The lowest BCUT2D eigenvalue weighted by atomic mass is 10.2. The Morgan fingerprint density at radius 3 is 2.63 bits per heavy atom. The summed E-state index contributed by atoms with van der Waals surface area (Å²) in [6, 6.07) is 17.1. The van der Waals surface area contributed by atoms with Crippen LogP contribution in [-0.2, 0) is 17.8 Å². The van der Waals surface area contributed by atoms with Crippen LogP contribution in [0.3, 0.4) is 0 Å². The molecule has 4 rings (SSSR count). The maximum absolute atomic E-state index is 12.4. The molecular weight excluding hydrogens is 468 g/mol. The predicted molar refractivity (Wildman–Crippen MR) is 119 cm³/mol. The Kier molecular flexibility index (Phi) is 6.30. The summed E-state index contributed by atoms with van der Waals surface area (Å²) in [5, 5.41) is 7.87. The van der Waals surface area contributed by atoms with E-state index in [1.165, 1.54) is 0 Å². The lowest BCUT2D eigenvalue weighted by molar-refractivity contribution is -0.116. The Hall–Kier alpha value is -2.90. The fraction of sp³-hybridized carbons (Fsp3) is 0.136. The van der Waals surface area contributed by atoms with Crippen LogP contribution in [0.25, 0.3) is 11.3 Å². The Morgan fingerprint density at radius 2 is 1.87 bits per heavy atom. The minimum Gasteiger partial charge on any atom is -0.441 e. The van der Waals surface area contributed by atoms with Crippen LogP contribution in [0.1, 0.15) is 17.9 Å². The first kappa shape index (κ1) is 20.4. The van der Waals surface area contributed by atoms with E-state index < -0.39 is 0 Å². The highest BCUT2D eigenvalue weighted by Crippen LogP contribution is 2.23. The van der Waals surface area contributed by atoms with Crippen molar-refractivity contribution in [3.8, 4) is 11.3 Å². The minimum atomic E-state index is -0.126. The fourth-order valence-corrected chi connectivity index (χ4v) is 3.32. The second kappa shape index (κ2) is 9.28. The molecule has 8 heteroatoms. The van der Waals surface area contributed by atoms with Crippen LogP contribution < -0.4 is 5.32 Å². The molecule has 0 aliphatic carbocycles. The highest BCUT2D eigenvalue weighted by Gasteiger charge is 2.11. The molecule has 1 N–H and O–H groups in total. The molecule has 1 amide bonds. The van der Waals surface area contributed by atoms with E-state index >= 15 is 0 Å². The van der Waals surface area contributed by atoms with Crippen molar-refractivity contribution < 1.29 is 9.21 Å². The van der Waals surface area contributed by atoms with Crippen molar-refractivity contribution in [1.29, 1.82) is 0 Å². The van der Waals surface area contributed by atoms with Gasteiger partial charge in [0, 0.05) is 34.0 Å². The van der Waals surface area contributed by atoms with Crippen molar-refractivity contribution >= 4 is 39.3 Å². The second-order valence-corrected chi connectivity index (χ2v) is 8.03. The molecule has 0 atom stereocenters. The van der Waals surface area contributed by atoms with E-state index in [1.807, 2.05) is 36.4 Å². The number of nitrogens with one attached hydrogen (secondary N) is 1. The summed E-state index contributed by atoms with van der Waals surface area (Å²) >= 11 is 9.34. The summed E-state index contributed by atoms with van der Waals surface area (Å²) in [5.74, 6) is 1.68. The van der Waals surface area contributed by atoms with Gasteiger partial charge in [-0.3, -0.25) is 4.79 Å². The van der Waals surface area contributed by atoms with Gasteiger partial charge >= 0.3 is 0 Å². The van der Waals surface area contributed by atoms with Crippen molar-refractivity contribution in [2.24, 2.45) is 0 Å². The van der Waals surface area contributed by atoms with Crippen molar-refractivity contribution in [2.75, 3.05) is 5.32 Å². The highest BCUT2D eigenvalue weighted by atomic mass is 79.9. The molecule has 0 unspecified atom stereocenters. The number of rotatable bonds is 7. The second-order valence-electron chi connectivity index (χ2n) is 6.67. The smallest absolute Gasteiger partial charge is 0.226 e. The summed E-state index contributed by atoms with van der Waals surface area (Å²) in [4.78, 5) is 16.7. The quantitative estimate of drug-likeness (QED) is 0.371. The average Bonchev–Trinajstić information content (AvgIpc) is 3.39.